The fraction of sp³-hybridized carbons (Fsp3) is 0.774. The molecule has 6 atom stereocenters. The summed E-state index contributed by atoms with van der Waals surface area (Å²) in [6, 6.07) is 0. The number of carbonyl (C=O) groups excluding carboxylic acids is 3. The van der Waals surface area contributed by atoms with E-state index in [9.17, 15) is 24.0 Å². The van der Waals surface area contributed by atoms with Crippen LogP contribution in [-0.4, -0.2) is 102 Å². The first kappa shape index (κ1) is 41.7. The summed E-state index contributed by atoms with van der Waals surface area (Å²) in [4.78, 5) is 68.9. The van der Waals surface area contributed by atoms with E-state index in [0.29, 0.717) is 25.3 Å². The first-order chi connectivity index (χ1) is 22.6. The van der Waals surface area contributed by atoms with Gasteiger partial charge in [-0.2, -0.15) is 3.22 Å². The fourth-order valence-electron chi connectivity index (χ4n) is 5.41. The molecule has 0 radical (unpaired) electrons. The summed E-state index contributed by atoms with van der Waals surface area (Å²) < 4.78 is 39.9. The molecule has 1 saturated heterocycles. The fourth-order valence-corrected chi connectivity index (χ4v) is 5.54. The van der Waals surface area contributed by atoms with Crippen LogP contribution in [0.2, 0.25) is 0 Å². The Hall–Kier alpha value is -2.42. The van der Waals surface area contributed by atoms with Crippen LogP contribution in [0.5, 0.6) is 0 Å². The number of unbranched alkanes of at least 4 members (excludes halogenated alkanes) is 4. The van der Waals surface area contributed by atoms with Crippen molar-refractivity contribution < 1.29 is 50.9 Å². The number of carbonyl (C=O) groups is 3. The van der Waals surface area contributed by atoms with Gasteiger partial charge >= 0.3 is 23.6 Å². The highest BCUT2D eigenvalue weighted by atomic mass is 127. The van der Waals surface area contributed by atoms with Crippen molar-refractivity contribution in [3.8, 4) is 0 Å². The van der Waals surface area contributed by atoms with Gasteiger partial charge in [-0.1, -0.05) is 19.3 Å². The van der Waals surface area contributed by atoms with Crippen molar-refractivity contribution in [2.45, 2.75) is 117 Å². The molecule has 17 heteroatoms. The van der Waals surface area contributed by atoms with Gasteiger partial charge in [0.2, 0.25) is 0 Å². The van der Waals surface area contributed by atoms with Crippen molar-refractivity contribution in [3.63, 3.8) is 0 Å². The Bertz CT molecular complexity index is 1290. The number of aromatic amines is 1. The number of nitrogens with one attached hydrogen (secondary N) is 1. The summed E-state index contributed by atoms with van der Waals surface area (Å²) in [6.07, 6.45) is 1.91. The maximum absolute atomic E-state index is 12.6. The highest BCUT2D eigenvalue weighted by Crippen LogP contribution is 2.28. The number of H-pyrrole nitrogens is 1. The zero-order valence-corrected chi connectivity index (χ0v) is 31.0. The quantitative estimate of drug-likeness (QED) is 0.0365. The summed E-state index contributed by atoms with van der Waals surface area (Å²) in [5.74, 6) is -1.71. The molecule has 274 valence electrons. The van der Waals surface area contributed by atoms with Gasteiger partial charge in [-0.3, -0.25) is 33.6 Å². The minimum Gasteiger partial charge on any atom is -0.463 e. The van der Waals surface area contributed by atoms with E-state index in [1.54, 1.807) is 43.8 Å². The lowest BCUT2D eigenvalue weighted by molar-refractivity contribution is -0.257. The highest BCUT2D eigenvalue weighted by Gasteiger charge is 2.39. The minimum absolute atomic E-state index is 0.155. The van der Waals surface area contributed by atoms with Crippen molar-refractivity contribution in [1.82, 2.24) is 14.5 Å². The van der Waals surface area contributed by atoms with Gasteiger partial charge in [0.25, 0.3) is 5.56 Å². The zero-order chi connectivity index (χ0) is 35.9. The minimum atomic E-state index is -1.02. The first-order valence-electron chi connectivity index (χ1n) is 16.0. The predicted octanol–water partition coefficient (Wildman–Crippen LogP) is 2.88. The third kappa shape index (κ3) is 15.0. The van der Waals surface area contributed by atoms with Gasteiger partial charge < -0.3 is 28.4 Å². The molecule has 5 unspecified atom stereocenters. The lowest BCUT2D eigenvalue weighted by Crippen LogP contribution is -2.56. The summed E-state index contributed by atoms with van der Waals surface area (Å²) in [6.45, 7) is 12.6. The summed E-state index contributed by atoms with van der Waals surface area (Å²) in [5.41, 5.74) is -1.30. The molecule has 0 aliphatic carbocycles. The molecule has 1 aliphatic rings. The van der Waals surface area contributed by atoms with Crippen molar-refractivity contribution in [2.75, 3.05) is 39.5 Å². The van der Waals surface area contributed by atoms with Crippen LogP contribution in [-0.2, 0) is 50.9 Å². The van der Waals surface area contributed by atoms with E-state index < -0.39 is 65.6 Å². The molecule has 1 aromatic heterocycles. The van der Waals surface area contributed by atoms with Crippen LogP contribution in [0.15, 0.2) is 15.8 Å². The number of nitrogens with zero attached hydrogens (tertiary/aromatic N) is 2. The van der Waals surface area contributed by atoms with Crippen molar-refractivity contribution in [1.29, 1.82) is 0 Å². The lowest BCUT2D eigenvalue weighted by Gasteiger charge is -2.44. The van der Waals surface area contributed by atoms with E-state index >= 15 is 0 Å². The SMILES string of the molecule is CC(=O)OCC(OC(C)OCCCCCCCN1CC(n2cc(C)c(=O)[nH]c2=O)O[C@](C)(COOI)C1)C(OC(C)=O)C(C)OC(C)=O. The Morgan fingerprint density at radius 3 is 2.35 bits per heavy atom. The van der Waals surface area contributed by atoms with Gasteiger partial charge in [0.1, 0.15) is 31.0 Å². The third-order valence-corrected chi connectivity index (χ3v) is 7.78. The van der Waals surface area contributed by atoms with Crippen LogP contribution in [0.1, 0.15) is 85.4 Å². The highest BCUT2D eigenvalue weighted by molar-refractivity contribution is 14.1. The Labute approximate surface area is 294 Å². The van der Waals surface area contributed by atoms with Gasteiger partial charge in [0.15, 0.2) is 41.6 Å². The van der Waals surface area contributed by atoms with Gasteiger partial charge in [0.05, 0.1) is 0 Å². The summed E-state index contributed by atoms with van der Waals surface area (Å²) >= 11 is 1.64. The molecule has 0 bridgehead atoms. The Morgan fingerprint density at radius 1 is 1.04 bits per heavy atom. The Morgan fingerprint density at radius 2 is 1.71 bits per heavy atom. The van der Waals surface area contributed by atoms with E-state index in [2.05, 4.69) is 9.88 Å². The molecule has 2 rings (SSSR count). The number of esters is 3. The van der Waals surface area contributed by atoms with Crippen LogP contribution in [0.3, 0.4) is 0 Å². The van der Waals surface area contributed by atoms with E-state index in [-0.39, 0.29) is 13.2 Å². The van der Waals surface area contributed by atoms with Gasteiger partial charge in [-0.15, -0.1) is 0 Å². The number of aryl methyl sites for hydroxylation is 1. The van der Waals surface area contributed by atoms with E-state index in [1.165, 1.54) is 31.5 Å². The number of ether oxygens (including phenoxy) is 6. The van der Waals surface area contributed by atoms with Crippen LogP contribution >= 0.6 is 23.0 Å². The van der Waals surface area contributed by atoms with E-state index in [4.69, 9.17) is 36.5 Å². The monoisotopic (exact) mass is 799 g/mol. The molecular formula is C31H50IN3O13. The second kappa shape index (κ2) is 20.9. The standard InChI is InChI=1S/C31H50IN3O13/c1-20-15-35(30(40)33-29(20)39)27-16-34(18-31(7,47-27)19-43-48-32)13-11-9-8-10-12-14-41-25(6)46-26(17-42-22(3)36)28(45-24(5)38)21(2)44-23(4)37/h15,21,25-28H,8-14,16-19H2,1-7H3,(H,33,39,40)/t21?,25?,26?,27?,28?,31-/m0/s1. The van der Waals surface area contributed by atoms with E-state index in [0.717, 1.165) is 38.6 Å². The summed E-state index contributed by atoms with van der Waals surface area (Å²) in [7, 11) is 0. The second-order valence-corrected chi connectivity index (χ2v) is 12.5. The molecular weight excluding hydrogens is 749 g/mol. The number of morpholine rings is 1. The first-order valence-corrected chi connectivity index (χ1v) is 16.9. The molecule has 0 spiro atoms. The third-order valence-electron chi connectivity index (χ3n) is 7.53. The maximum atomic E-state index is 12.6. The average Bonchev–Trinajstić information content (AvgIpc) is 2.99. The number of rotatable bonds is 21. The smallest absolute Gasteiger partial charge is 0.330 e. The molecule has 2 heterocycles. The van der Waals surface area contributed by atoms with Crippen LogP contribution < -0.4 is 11.2 Å². The normalized spacial score (nSPS) is 20.8. The molecule has 48 heavy (non-hydrogen) atoms. The molecule has 0 saturated carbocycles. The van der Waals surface area contributed by atoms with Crippen LogP contribution in [0.4, 0.5) is 0 Å². The Balaban J connectivity index is 1.83. The molecule has 1 N–H and O–H groups in total. The molecule has 0 aromatic carbocycles. The number of hydrogen-bond acceptors (Lipinski definition) is 14. The average molecular weight is 800 g/mol. The number of hydrogen-bond donors (Lipinski definition) is 1. The van der Waals surface area contributed by atoms with Gasteiger partial charge in [0, 0.05) is 52.2 Å². The van der Waals surface area contributed by atoms with Crippen molar-refractivity contribution >= 4 is 40.9 Å². The van der Waals surface area contributed by atoms with Gasteiger partial charge in [-0.25, -0.2) is 9.68 Å². The molecule has 1 fully saturated rings. The zero-order valence-electron chi connectivity index (χ0n) is 28.8. The molecule has 1 aliphatic heterocycles. The molecule has 1 aromatic rings. The van der Waals surface area contributed by atoms with Crippen molar-refractivity contribution in [3.05, 3.63) is 32.6 Å². The number of aromatic nitrogens is 2. The largest absolute Gasteiger partial charge is 0.463 e. The molecule has 0 amide bonds. The van der Waals surface area contributed by atoms with E-state index in [1.807, 2.05) is 6.92 Å². The molecule has 16 nitrogen and oxygen atoms in total. The predicted molar refractivity (Wildman–Crippen MR) is 179 cm³/mol. The number of halogens is 1. The second-order valence-electron chi connectivity index (χ2n) is 12.1. The van der Waals surface area contributed by atoms with Gasteiger partial charge in [-0.05, 0) is 47.1 Å². The van der Waals surface area contributed by atoms with Crippen LogP contribution in [0.25, 0.3) is 0 Å². The lowest BCUT2D eigenvalue weighted by atomic mass is 10.0. The van der Waals surface area contributed by atoms with Crippen LogP contribution in [0, 0.1) is 6.92 Å². The Kier molecular flexibility index (Phi) is 18.2. The summed E-state index contributed by atoms with van der Waals surface area (Å²) in [5, 5.41) is 0. The topological polar surface area (TPSA) is 183 Å². The van der Waals surface area contributed by atoms with Crippen molar-refractivity contribution in [2.24, 2.45) is 0 Å². The maximum Gasteiger partial charge on any atom is 0.330 e.